The van der Waals surface area contributed by atoms with Crippen molar-refractivity contribution >= 4 is 40.0 Å². The van der Waals surface area contributed by atoms with Gasteiger partial charge in [-0.2, -0.15) is 0 Å². The molecule has 1 aromatic carbocycles. The monoisotopic (exact) mass is 419 g/mol. The van der Waals surface area contributed by atoms with Gasteiger partial charge in [0.1, 0.15) is 0 Å². The molecule has 0 spiro atoms. The number of amides is 1. The molecule has 2 rings (SSSR count). The van der Waals surface area contributed by atoms with Crippen molar-refractivity contribution in [3.8, 4) is 0 Å². The molecule has 1 aliphatic heterocycles. The summed E-state index contributed by atoms with van der Waals surface area (Å²) < 4.78 is 25.3. The van der Waals surface area contributed by atoms with Crippen LogP contribution in [0.3, 0.4) is 0 Å². The van der Waals surface area contributed by atoms with Crippen molar-refractivity contribution in [2.24, 2.45) is 0 Å². The highest BCUT2D eigenvalue weighted by atomic mass is 35.5. The molecular weight excluding hydrogens is 394 g/mol. The molecular formula is C17H26ClN3O5S. The summed E-state index contributed by atoms with van der Waals surface area (Å²) in [6, 6.07) is 8.81. The highest BCUT2D eigenvalue weighted by Crippen LogP contribution is 2.19. The standard InChI is InChI=1S/C17H25N3O5S.ClH/c1-2-26(24,25)20-10-8-15(9-11-20)19(13-17(22)23)12-16(21)18-14-6-4-3-5-7-14;/h3-7,15H,2,8-13H2,1H3,(H,18,21)(H,22,23);1H. The minimum Gasteiger partial charge on any atom is -0.480 e. The van der Waals surface area contributed by atoms with Gasteiger partial charge in [-0.05, 0) is 31.9 Å². The van der Waals surface area contributed by atoms with Crippen LogP contribution in [-0.4, -0.2) is 72.6 Å². The van der Waals surface area contributed by atoms with Crippen LogP contribution < -0.4 is 5.32 Å². The molecule has 152 valence electrons. The largest absolute Gasteiger partial charge is 0.480 e. The molecule has 1 saturated heterocycles. The molecule has 2 N–H and O–H groups in total. The van der Waals surface area contributed by atoms with Crippen LogP contribution in [0.15, 0.2) is 30.3 Å². The van der Waals surface area contributed by atoms with E-state index >= 15 is 0 Å². The molecule has 10 heteroatoms. The third-order valence-electron chi connectivity index (χ3n) is 4.44. The Morgan fingerprint density at radius 3 is 2.30 bits per heavy atom. The van der Waals surface area contributed by atoms with Crippen LogP contribution in [0.25, 0.3) is 0 Å². The van der Waals surface area contributed by atoms with Gasteiger partial charge in [0.25, 0.3) is 0 Å². The molecule has 1 heterocycles. The van der Waals surface area contributed by atoms with Gasteiger partial charge in [-0.3, -0.25) is 14.5 Å². The highest BCUT2D eigenvalue weighted by molar-refractivity contribution is 7.89. The van der Waals surface area contributed by atoms with Crippen molar-refractivity contribution in [2.75, 3.05) is 37.2 Å². The molecule has 0 aliphatic carbocycles. The molecule has 1 amide bonds. The van der Waals surface area contributed by atoms with Gasteiger partial charge < -0.3 is 10.4 Å². The van der Waals surface area contributed by atoms with Gasteiger partial charge in [0, 0.05) is 24.8 Å². The number of hydrogen-bond acceptors (Lipinski definition) is 5. The average Bonchev–Trinajstić information content (AvgIpc) is 2.61. The topological polar surface area (TPSA) is 107 Å². The first-order valence-corrected chi connectivity index (χ1v) is 10.2. The zero-order valence-electron chi connectivity index (χ0n) is 15.2. The second-order valence-corrected chi connectivity index (χ2v) is 8.50. The Balaban J connectivity index is 0.00000364. The number of carbonyl (C=O) groups is 2. The molecule has 1 aromatic rings. The average molecular weight is 420 g/mol. The predicted molar refractivity (Wildman–Crippen MR) is 106 cm³/mol. The van der Waals surface area contributed by atoms with Gasteiger partial charge in [-0.25, -0.2) is 12.7 Å². The number of carbonyl (C=O) groups excluding carboxylic acids is 1. The number of aliphatic carboxylic acids is 1. The predicted octanol–water partition coefficient (Wildman–Crippen LogP) is 1.25. The van der Waals surface area contributed by atoms with Crippen LogP contribution in [0.5, 0.6) is 0 Å². The molecule has 0 unspecified atom stereocenters. The Hall–Kier alpha value is -1.68. The maximum atomic E-state index is 12.3. The lowest BCUT2D eigenvalue weighted by molar-refractivity contribution is -0.139. The zero-order valence-corrected chi connectivity index (χ0v) is 16.8. The Morgan fingerprint density at radius 1 is 1.19 bits per heavy atom. The second kappa shape index (κ2) is 10.6. The van der Waals surface area contributed by atoms with E-state index < -0.39 is 16.0 Å². The molecule has 0 saturated carbocycles. The van der Waals surface area contributed by atoms with Gasteiger partial charge in [0.15, 0.2) is 0 Å². The number of sulfonamides is 1. The molecule has 1 aliphatic rings. The molecule has 0 radical (unpaired) electrons. The fraction of sp³-hybridized carbons (Fsp3) is 0.529. The van der Waals surface area contributed by atoms with Crippen LogP contribution in [0.2, 0.25) is 0 Å². The minimum atomic E-state index is -3.24. The molecule has 0 bridgehead atoms. The lowest BCUT2D eigenvalue weighted by Crippen LogP contribution is -2.50. The molecule has 0 aromatic heterocycles. The van der Waals surface area contributed by atoms with E-state index in [1.165, 1.54) is 4.31 Å². The summed E-state index contributed by atoms with van der Waals surface area (Å²) in [4.78, 5) is 25.1. The van der Waals surface area contributed by atoms with Crippen molar-refractivity contribution in [1.82, 2.24) is 9.21 Å². The van der Waals surface area contributed by atoms with Gasteiger partial charge in [-0.15, -0.1) is 12.4 Å². The summed E-state index contributed by atoms with van der Waals surface area (Å²) in [7, 11) is -3.24. The quantitative estimate of drug-likeness (QED) is 0.656. The molecule has 0 atom stereocenters. The number of carboxylic acids is 1. The third kappa shape index (κ3) is 7.10. The number of anilines is 1. The van der Waals surface area contributed by atoms with Crippen LogP contribution in [0.1, 0.15) is 19.8 Å². The van der Waals surface area contributed by atoms with Crippen LogP contribution in [0, 0.1) is 0 Å². The minimum absolute atomic E-state index is 0. The number of piperidine rings is 1. The molecule has 1 fully saturated rings. The SMILES string of the molecule is CCS(=O)(=O)N1CCC(N(CC(=O)O)CC(=O)Nc2ccccc2)CC1.Cl. The van der Waals surface area contributed by atoms with Gasteiger partial charge in [-0.1, -0.05) is 18.2 Å². The summed E-state index contributed by atoms with van der Waals surface area (Å²) in [6.45, 7) is 1.99. The summed E-state index contributed by atoms with van der Waals surface area (Å²) >= 11 is 0. The first-order chi connectivity index (χ1) is 12.3. The van der Waals surface area contributed by atoms with E-state index in [2.05, 4.69) is 5.32 Å². The number of rotatable bonds is 8. The molecule has 8 nitrogen and oxygen atoms in total. The van der Waals surface area contributed by atoms with Crippen molar-refractivity contribution in [2.45, 2.75) is 25.8 Å². The number of nitrogens with zero attached hydrogens (tertiary/aromatic N) is 2. The zero-order chi connectivity index (χ0) is 19.2. The third-order valence-corrected chi connectivity index (χ3v) is 6.32. The Kier molecular flexibility index (Phi) is 9.17. The van der Waals surface area contributed by atoms with E-state index in [1.807, 2.05) is 6.07 Å². The van der Waals surface area contributed by atoms with E-state index in [0.717, 1.165) is 0 Å². The van der Waals surface area contributed by atoms with E-state index in [0.29, 0.717) is 31.6 Å². The van der Waals surface area contributed by atoms with E-state index in [9.17, 15) is 18.0 Å². The van der Waals surface area contributed by atoms with Crippen LogP contribution in [-0.2, 0) is 19.6 Å². The fourth-order valence-electron chi connectivity index (χ4n) is 3.06. The maximum absolute atomic E-state index is 12.3. The van der Waals surface area contributed by atoms with E-state index in [1.54, 1.807) is 36.1 Å². The van der Waals surface area contributed by atoms with Crippen molar-refractivity contribution in [3.63, 3.8) is 0 Å². The summed E-state index contributed by atoms with van der Waals surface area (Å²) in [5.74, 6) is -1.25. The Labute approximate surface area is 166 Å². The Morgan fingerprint density at radius 2 is 1.78 bits per heavy atom. The molecule has 27 heavy (non-hydrogen) atoms. The number of benzene rings is 1. The number of halogens is 1. The number of nitrogens with one attached hydrogen (secondary N) is 1. The van der Waals surface area contributed by atoms with Gasteiger partial charge in [0.2, 0.25) is 15.9 Å². The normalized spacial score (nSPS) is 15.9. The first kappa shape index (κ1) is 23.4. The highest BCUT2D eigenvalue weighted by Gasteiger charge is 2.31. The summed E-state index contributed by atoms with van der Waals surface area (Å²) in [6.07, 6.45) is 1.01. The number of para-hydroxylation sites is 1. The first-order valence-electron chi connectivity index (χ1n) is 8.60. The van der Waals surface area contributed by atoms with Gasteiger partial charge in [0.05, 0.1) is 18.8 Å². The van der Waals surface area contributed by atoms with Gasteiger partial charge >= 0.3 is 5.97 Å². The van der Waals surface area contributed by atoms with E-state index in [4.69, 9.17) is 5.11 Å². The van der Waals surface area contributed by atoms with E-state index in [-0.39, 0.29) is 43.2 Å². The van der Waals surface area contributed by atoms with Crippen molar-refractivity contribution in [3.05, 3.63) is 30.3 Å². The lowest BCUT2D eigenvalue weighted by atomic mass is 10.0. The number of carboxylic acid groups (broad SMARTS) is 1. The fourth-order valence-corrected chi connectivity index (χ4v) is 4.19. The number of hydrogen-bond donors (Lipinski definition) is 2. The van der Waals surface area contributed by atoms with Crippen LogP contribution >= 0.6 is 12.4 Å². The second-order valence-electron chi connectivity index (χ2n) is 6.24. The Bertz CT molecular complexity index is 721. The lowest BCUT2D eigenvalue weighted by Gasteiger charge is -2.36. The smallest absolute Gasteiger partial charge is 0.317 e. The van der Waals surface area contributed by atoms with Crippen molar-refractivity contribution < 1.29 is 23.1 Å². The van der Waals surface area contributed by atoms with Crippen molar-refractivity contribution in [1.29, 1.82) is 0 Å². The summed E-state index contributed by atoms with van der Waals surface area (Å²) in [5.41, 5.74) is 0.650. The summed E-state index contributed by atoms with van der Waals surface area (Å²) in [5, 5.41) is 11.9. The maximum Gasteiger partial charge on any atom is 0.317 e. The van der Waals surface area contributed by atoms with Crippen LogP contribution in [0.4, 0.5) is 5.69 Å².